The number of hydrogen-bond donors (Lipinski definition) is 1. The summed E-state index contributed by atoms with van der Waals surface area (Å²) >= 11 is 0. The van der Waals surface area contributed by atoms with Crippen LogP contribution >= 0.6 is 0 Å². The molecule has 0 amide bonds. The van der Waals surface area contributed by atoms with Crippen LogP contribution in [0, 0.1) is 11.3 Å². The summed E-state index contributed by atoms with van der Waals surface area (Å²) in [5.74, 6) is 0.928. The molecule has 2 fully saturated rings. The zero-order valence-electron chi connectivity index (χ0n) is 14.3. The van der Waals surface area contributed by atoms with E-state index >= 15 is 0 Å². The van der Waals surface area contributed by atoms with Crippen molar-refractivity contribution >= 4 is 0 Å². The van der Waals surface area contributed by atoms with Crippen molar-refractivity contribution in [1.29, 1.82) is 0 Å². The maximum Gasteiger partial charge on any atom is 0.0223 e. The second kappa shape index (κ2) is 7.26. The predicted molar refractivity (Wildman–Crippen MR) is 88.1 cm³/mol. The molecule has 2 aliphatic rings. The Bertz CT molecular complexity index is 271. The highest BCUT2D eigenvalue weighted by Crippen LogP contribution is 2.37. The van der Waals surface area contributed by atoms with Crippen LogP contribution in [0.2, 0.25) is 0 Å². The van der Waals surface area contributed by atoms with Gasteiger partial charge in [0.2, 0.25) is 0 Å². The number of nitrogens with zero attached hydrogens (tertiary/aromatic N) is 1. The highest BCUT2D eigenvalue weighted by molar-refractivity contribution is 4.87. The van der Waals surface area contributed by atoms with E-state index in [2.05, 4.69) is 38.0 Å². The number of rotatable bonds is 6. The first-order chi connectivity index (χ1) is 9.52. The molecule has 2 rings (SSSR count). The largest absolute Gasteiger partial charge is 0.313 e. The second-order valence-corrected chi connectivity index (χ2v) is 8.04. The van der Waals surface area contributed by atoms with Crippen LogP contribution in [0.3, 0.4) is 0 Å². The van der Waals surface area contributed by atoms with Crippen molar-refractivity contribution in [2.45, 2.75) is 84.2 Å². The van der Waals surface area contributed by atoms with Gasteiger partial charge in [-0.15, -0.1) is 0 Å². The Labute approximate surface area is 126 Å². The number of nitrogens with one attached hydrogen (secondary N) is 1. The molecule has 2 nitrogen and oxygen atoms in total. The Morgan fingerprint density at radius 2 is 1.70 bits per heavy atom. The Hall–Kier alpha value is -0.0800. The molecular formula is C18H36N2. The summed E-state index contributed by atoms with van der Waals surface area (Å²) in [6, 6.07) is 1.55. The van der Waals surface area contributed by atoms with Crippen molar-refractivity contribution in [2.24, 2.45) is 11.3 Å². The standard InChI is InChI=1S/C18H36N2/c1-5-19-17(15-8-6-7-9-15)14-20(4)16-10-12-18(2,3)13-11-16/h15-17,19H,5-14H2,1-4H3. The molecule has 20 heavy (non-hydrogen) atoms. The molecule has 118 valence electrons. The maximum atomic E-state index is 3.77. The summed E-state index contributed by atoms with van der Waals surface area (Å²) in [6.45, 7) is 9.49. The lowest BCUT2D eigenvalue weighted by atomic mass is 9.75. The summed E-state index contributed by atoms with van der Waals surface area (Å²) in [7, 11) is 2.36. The molecule has 2 heteroatoms. The van der Waals surface area contributed by atoms with Crippen LogP contribution in [0.25, 0.3) is 0 Å². The molecule has 0 aliphatic heterocycles. The molecule has 0 saturated heterocycles. The molecule has 2 aliphatic carbocycles. The molecule has 0 heterocycles. The van der Waals surface area contributed by atoms with Crippen LogP contribution in [-0.2, 0) is 0 Å². The highest BCUT2D eigenvalue weighted by Gasteiger charge is 2.31. The summed E-state index contributed by atoms with van der Waals surface area (Å²) in [5, 5.41) is 3.77. The molecule has 1 atom stereocenters. The van der Waals surface area contributed by atoms with Crippen molar-refractivity contribution in [3.63, 3.8) is 0 Å². The van der Waals surface area contributed by atoms with E-state index in [1.165, 1.54) is 57.9 Å². The predicted octanol–water partition coefficient (Wildman–Crippen LogP) is 4.06. The lowest BCUT2D eigenvalue weighted by Crippen LogP contribution is -2.48. The first-order valence-electron chi connectivity index (χ1n) is 8.95. The fraction of sp³-hybridized carbons (Fsp3) is 1.00. The van der Waals surface area contributed by atoms with E-state index in [-0.39, 0.29) is 0 Å². The van der Waals surface area contributed by atoms with Crippen LogP contribution < -0.4 is 5.32 Å². The monoisotopic (exact) mass is 280 g/mol. The van der Waals surface area contributed by atoms with E-state index in [4.69, 9.17) is 0 Å². The first kappa shape index (κ1) is 16.3. The van der Waals surface area contributed by atoms with Gasteiger partial charge in [0.15, 0.2) is 0 Å². The minimum absolute atomic E-state index is 0.587. The van der Waals surface area contributed by atoms with Crippen molar-refractivity contribution in [1.82, 2.24) is 10.2 Å². The SMILES string of the molecule is CCNC(CN(C)C1CCC(C)(C)CC1)C1CCCC1. The fourth-order valence-corrected chi connectivity index (χ4v) is 4.29. The Balaban J connectivity index is 1.83. The Morgan fingerprint density at radius 3 is 2.25 bits per heavy atom. The zero-order valence-corrected chi connectivity index (χ0v) is 14.3. The molecule has 0 bridgehead atoms. The van der Waals surface area contributed by atoms with E-state index in [0.717, 1.165) is 24.5 Å². The normalized spacial score (nSPS) is 26.2. The third kappa shape index (κ3) is 4.46. The van der Waals surface area contributed by atoms with Crippen LogP contribution in [0.1, 0.15) is 72.1 Å². The van der Waals surface area contributed by atoms with Gasteiger partial charge in [0.1, 0.15) is 0 Å². The molecular weight excluding hydrogens is 244 g/mol. The van der Waals surface area contributed by atoms with Gasteiger partial charge in [-0.05, 0) is 63.5 Å². The van der Waals surface area contributed by atoms with Gasteiger partial charge < -0.3 is 10.2 Å². The number of likely N-dealkylation sites (N-methyl/N-ethyl adjacent to an activating group) is 2. The molecule has 0 spiro atoms. The number of hydrogen-bond acceptors (Lipinski definition) is 2. The van der Waals surface area contributed by atoms with Gasteiger partial charge >= 0.3 is 0 Å². The van der Waals surface area contributed by atoms with Gasteiger partial charge in [0.05, 0.1) is 0 Å². The van der Waals surface area contributed by atoms with E-state index in [0.29, 0.717) is 5.41 Å². The minimum Gasteiger partial charge on any atom is -0.313 e. The van der Waals surface area contributed by atoms with Crippen molar-refractivity contribution < 1.29 is 0 Å². The summed E-state index contributed by atoms with van der Waals surface area (Å²) in [4.78, 5) is 2.67. The van der Waals surface area contributed by atoms with Crippen LogP contribution in [0.4, 0.5) is 0 Å². The lowest BCUT2D eigenvalue weighted by molar-refractivity contribution is 0.111. The maximum absolute atomic E-state index is 3.77. The van der Waals surface area contributed by atoms with Crippen LogP contribution in [0.5, 0.6) is 0 Å². The van der Waals surface area contributed by atoms with Crippen molar-refractivity contribution in [3.05, 3.63) is 0 Å². The molecule has 0 aromatic carbocycles. The van der Waals surface area contributed by atoms with E-state index < -0.39 is 0 Å². The third-order valence-electron chi connectivity index (χ3n) is 5.85. The van der Waals surface area contributed by atoms with Gasteiger partial charge in [-0.25, -0.2) is 0 Å². The van der Waals surface area contributed by atoms with Gasteiger partial charge in [-0.1, -0.05) is 33.6 Å². The van der Waals surface area contributed by atoms with E-state index in [9.17, 15) is 0 Å². The zero-order chi connectivity index (χ0) is 14.6. The lowest BCUT2D eigenvalue weighted by Gasteiger charge is -2.40. The topological polar surface area (TPSA) is 15.3 Å². The quantitative estimate of drug-likeness (QED) is 0.789. The minimum atomic E-state index is 0.587. The van der Waals surface area contributed by atoms with Gasteiger partial charge in [-0.2, -0.15) is 0 Å². The Morgan fingerprint density at radius 1 is 1.10 bits per heavy atom. The molecule has 0 radical (unpaired) electrons. The summed E-state index contributed by atoms with van der Waals surface area (Å²) < 4.78 is 0. The Kier molecular flexibility index (Phi) is 5.92. The van der Waals surface area contributed by atoms with Gasteiger partial charge in [0.25, 0.3) is 0 Å². The average molecular weight is 280 g/mol. The van der Waals surface area contributed by atoms with E-state index in [1.54, 1.807) is 0 Å². The highest BCUT2D eigenvalue weighted by atomic mass is 15.2. The molecule has 1 N–H and O–H groups in total. The average Bonchev–Trinajstić information content (AvgIpc) is 2.91. The smallest absolute Gasteiger partial charge is 0.0223 e. The molecule has 1 unspecified atom stereocenters. The van der Waals surface area contributed by atoms with E-state index in [1.807, 2.05) is 0 Å². The molecule has 2 saturated carbocycles. The molecule has 0 aromatic heterocycles. The van der Waals surface area contributed by atoms with Crippen molar-refractivity contribution in [3.8, 4) is 0 Å². The summed E-state index contributed by atoms with van der Waals surface area (Å²) in [5.41, 5.74) is 0.587. The molecule has 0 aromatic rings. The third-order valence-corrected chi connectivity index (χ3v) is 5.85. The first-order valence-corrected chi connectivity index (χ1v) is 8.95. The summed E-state index contributed by atoms with van der Waals surface area (Å²) in [6.07, 6.45) is 11.4. The van der Waals surface area contributed by atoms with Crippen LogP contribution in [-0.4, -0.2) is 37.1 Å². The second-order valence-electron chi connectivity index (χ2n) is 8.04. The van der Waals surface area contributed by atoms with Gasteiger partial charge in [0, 0.05) is 18.6 Å². The van der Waals surface area contributed by atoms with Gasteiger partial charge in [-0.3, -0.25) is 0 Å². The van der Waals surface area contributed by atoms with Crippen LogP contribution in [0.15, 0.2) is 0 Å². The fourth-order valence-electron chi connectivity index (χ4n) is 4.29. The van der Waals surface area contributed by atoms with Crippen molar-refractivity contribution in [2.75, 3.05) is 20.1 Å².